The highest BCUT2D eigenvalue weighted by Gasteiger charge is 2.20. The molecule has 7 nitrogen and oxygen atoms in total. The number of phenolic OH excluding ortho intramolecular Hbond substituents is 1. The number of rotatable bonds is 4. The van der Waals surface area contributed by atoms with Gasteiger partial charge in [0.25, 0.3) is 0 Å². The molecule has 0 aliphatic carbocycles. The molecular formula is C13H12O7. The molecule has 20 heavy (non-hydrogen) atoms. The fraction of sp³-hybridized carbons (Fsp3) is 0.154. The van der Waals surface area contributed by atoms with E-state index >= 15 is 0 Å². The summed E-state index contributed by atoms with van der Waals surface area (Å²) in [6.07, 6.45) is 1.01. The van der Waals surface area contributed by atoms with E-state index in [1.807, 2.05) is 0 Å². The van der Waals surface area contributed by atoms with Crippen LogP contribution < -0.4 is 4.74 Å². The molecule has 0 amide bonds. The molecule has 0 radical (unpaired) electrons. The molecule has 0 atom stereocenters. The van der Waals surface area contributed by atoms with Crippen molar-refractivity contribution in [2.45, 2.75) is 6.92 Å². The van der Waals surface area contributed by atoms with Gasteiger partial charge in [-0.3, -0.25) is 4.79 Å². The molecule has 1 aromatic rings. The van der Waals surface area contributed by atoms with E-state index in [9.17, 15) is 19.5 Å². The first-order chi connectivity index (χ1) is 9.35. The Morgan fingerprint density at radius 1 is 1.25 bits per heavy atom. The van der Waals surface area contributed by atoms with Crippen LogP contribution in [-0.4, -0.2) is 35.2 Å². The molecule has 0 saturated heterocycles. The molecule has 0 aromatic heterocycles. The predicted octanol–water partition coefficient (Wildman–Crippen LogP) is 0.958. The highest BCUT2D eigenvalue weighted by atomic mass is 16.6. The predicted molar refractivity (Wildman–Crippen MR) is 67.0 cm³/mol. The van der Waals surface area contributed by atoms with E-state index in [1.54, 1.807) is 0 Å². The Kier molecular flexibility index (Phi) is 4.85. The van der Waals surface area contributed by atoms with E-state index in [0.717, 1.165) is 13.0 Å². The lowest BCUT2D eigenvalue weighted by molar-refractivity contribution is -0.156. The van der Waals surface area contributed by atoms with E-state index < -0.39 is 23.5 Å². The Bertz CT molecular complexity index is 586. The summed E-state index contributed by atoms with van der Waals surface area (Å²) in [5, 5.41) is 18.3. The van der Waals surface area contributed by atoms with Gasteiger partial charge in [0.1, 0.15) is 5.57 Å². The van der Waals surface area contributed by atoms with Crippen LogP contribution in [0.1, 0.15) is 12.5 Å². The Balaban J connectivity index is 3.17. The van der Waals surface area contributed by atoms with Gasteiger partial charge < -0.3 is 19.7 Å². The number of aromatic hydroxyl groups is 1. The molecule has 0 saturated carbocycles. The third kappa shape index (κ3) is 3.84. The minimum atomic E-state index is -1.54. The van der Waals surface area contributed by atoms with Gasteiger partial charge in [0.05, 0.1) is 7.11 Å². The number of hydrogen-bond acceptors (Lipinski definition) is 6. The second-order valence-electron chi connectivity index (χ2n) is 3.68. The first-order valence-corrected chi connectivity index (χ1v) is 5.40. The molecule has 0 aliphatic heterocycles. The van der Waals surface area contributed by atoms with Gasteiger partial charge in [-0.2, -0.15) is 0 Å². The summed E-state index contributed by atoms with van der Waals surface area (Å²) in [7, 11) is 1.32. The van der Waals surface area contributed by atoms with Gasteiger partial charge in [-0.25, -0.2) is 9.59 Å². The molecular weight excluding hydrogens is 268 g/mol. The highest BCUT2D eigenvalue weighted by molar-refractivity contribution is 6.18. The maximum absolute atomic E-state index is 11.4. The fourth-order valence-corrected chi connectivity index (χ4v) is 1.34. The van der Waals surface area contributed by atoms with Crippen molar-refractivity contribution in [2.75, 3.05) is 7.11 Å². The minimum absolute atomic E-state index is 0.114. The zero-order valence-electron chi connectivity index (χ0n) is 10.7. The van der Waals surface area contributed by atoms with E-state index in [1.165, 1.54) is 25.3 Å². The lowest BCUT2D eigenvalue weighted by atomic mass is 10.1. The average Bonchev–Trinajstić information content (AvgIpc) is 2.36. The summed E-state index contributed by atoms with van der Waals surface area (Å²) in [5.41, 5.74) is -0.425. The van der Waals surface area contributed by atoms with Crippen LogP contribution in [0.25, 0.3) is 6.08 Å². The number of carboxylic acids is 1. The van der Waals surface area contributed by atoms with Crippen molar-refractivity contribution in [3.8, 4) is 11.5 Å². The standard InChI is InChI=1S/C13H12O7/c1-7(14)20-13(18)9(12(16)17)5-8-3-4-10(15)11(6-8)19-2/h3-6,15H,1-2H3,(H,16,17)/b9-5-. The normalized spacial score (nSPS) is 10.8. The summed E-state index contributed by atoms with van der Waals surface area (Å²) in [5.74, 6) is -3.73. The highest BCUT2D eigenvalue weighted by Crippen LogP contribution is 2.27. The number of hydrogen-bond donors (Lipinski definition) is 2. The van der Waals surface area contributed by atoms with Crippen LogP contribution >= 0.6 is 0 Å². The molecule has 0 fully saturated rings. The fourth-order valence-electron chi connectivity index (χ4n) is 1.34. The smallest absolute Gasteiger partial charge is 0.353 e. The number of phenols is 1. The molecule has 0 heterocycles. The SMILES string of the molecule is COc1cc(/C=C(/C(=O)O)C(=O)OC(C)=O)ccc1O. The summed E-state index contributed by atoms with van der Waals surface area (Å²) in [6, 6.07) is 3.99. The van der Waals surface area contributed by atoms with Crippen LogP contribution in [0.5, 0.6) is 11.5 Å². The summed E-state index contributed by atoms with van der Waals surface area (Å²) < 4.78 is 9.07. The number of aliphatic carboxylic acids is 1. The van der Waals surface area contributed by atoms with Crippen molar-refractivity contribution in [3.05, 3.63) is 29.3 Å². The molecule has 1 rings (SSSR count). The van der Waals surface area contributed by atoms with Crippen LogP contribution in [0, 0.1) is 0 Å². The molecule has 0 aliphatic rings. The van der Waals surface area contributed by atoms with Gasteiger partial charge >= 0.3 is 17.9 Å². The maximum Gasteiger partial charge on any atom is 0.353 e. The third-order valence-electron chi connectivity index (χ3n) is 2.20. The lowest BCUT2D eigenvalue weighted by Crippen LogP contribution is -2.17. The first kappa shape index (κ1) is 15.2. The quantitative estimate of drug-likeness (QED) is 0.366. The van der Waals surface area contributed by atoms with Gasteiger partial charge in [-0.15, -0.1) is 0 Å². The van der Waals surface area contributed by atoms with Gasteiger partial charge in [-0.05, 0) is 23.8 Å². The van der Waals surface area contributed by atoms with Gasteiger partial charge in [-0.1, -0.05) is 6.07 Å². The summed E-state index contributed by atoms with van der Waals surface area (Å²) in [4.78, 5) is 33.1. The zero-order valence-corrected chi connectivity index (χ0v) is 10.7. The molecule has 2 N–H and O–H groups in total. The first-order valence-electron chi connectivity index (χ1n) is 5.40. The molecule has 106 valence electrons. The third-order valence-corrected chi connectivity index (χ3v) is 2.20. The van der Waals surface area contributed by atoms with Crippen LogP contribution in [0.15, 0.2) is 23.8 Å². The van der Waals surface area contributed by atoms with E-state index in [4.69, 9.17) is 9.84 Å². The Labute approximate surface area is 114 Å². The van der Waals surface area contributed by atoms with Crippen molar-refractivity contribution in [1.82, 2.24) is 0 Å². The largest absolute Gasteiger partial charge is 0.504 e. The van der Waals surface area contributed by atoms with Crippen LogP contribution in [0.2, 0.25) is 0 Å². The molecule has 7 heteroatoms. The van der Waals surface area contributed by atoms with E-state index in [2.05, 4.69) is 4.74 Å². The summed E-state index contributed by atoms with van der Waals surface area (Å²) in [6.45, 7) is 0.987. The van der Waals surface area contributed by atoms with Gasteiger partial charge in [0.15, 0.2) is 11.5 Å². The summed E-state index contributed by atoms with van der Waals surface area (Å²) >= 11 is 0. The van der Waals surface area contributed by atoms with Crippen LogP contribution in [0.3, 0.4) is 0 Å². The number of carbonyl (C=O) groups excluding carboxylic acids is 2. The van der Waals surface area contributed by atoms with Crippen LogP contribution in [-0.2, 0) is 19.1 Å². The molecule has 0 spiro atoms. The van der Waals surface area contributed by atoms with Gasteiger partial charge in [0, 0.05) is 6.92 Å². The average molecular weight is 280 g/mol. The Morgan fingerprint density at radius 3 is 2.40 bits per heavy atom. The van der Waals surface area contributed by atoms with Gasteiger partial charge in [0.2, 0.25) is 0 Å². The topological polar surface area (TPSA) is 110 Å². The van der Waals surface area contributed by atoms with Crippen molar-refractivity contribution >= 4 is 24.0 Å². The van der Waals surface area contributed by atoms with Crippen molar-refractivity contribution in [2.24, 2.45) is 0 Å². The number of methoxy groups -OCH3 is 1. The zero-order chi connectivity index (χ0) is 15.3. The lowest BCUT2D eigenvalue weighted by Gasteiger charge is -2.05. The second kappa shape index (κ2) is 6.37. The number of carbonyl (C=O) groups is 3. The number of benzene rings is 1. The van der Waals surface area contributed by atoms with Crippen LogP contribution in [0.4, 0.5) is 0 Å². The molecule has 0 unspecified atom stereocenters. The van der Waals surface area contributed by atoms with Crippen molar-refractivity contribution in [1.29, 1.82) is 0 Å². The van der Waals surface area contributed by atoms with E-state index in [0.29, 0.717) is 0 Å². The number of esters is 2. The Hall–Kier alpha value is -2.83. The van der Waals surface area contributed by atoms with E-state index in [-0.39, 0.29) is 17.1 Å². The molecule has 0 bridgehead atoms. The van der Waals surface area contributed by atoms with Crippen molar-refractivity contribution in [3.63, 3.8) is 0 Å². The molecule has 1 aromatic carbocycles. The minimum Gasteiger partial charge on any atom is -0.504 e. The second-order valence-corrected chi connectivity index (χ2v) is 3.68. The number of ether oxygens (including phenoxy) is 2. The Morgan fingerprint density at radius 2 is 1.90 bits per heavy atom. The maximum atomic E-state index is 11.4. The number of carboxylic acid groups (broad SMARTS) is 1. The van der Waals surface area contributed by atoms with Crippen molar-refractivity contribution < 1.29 is 34.1 Å². The monoisotopic (exact) mass is 280 g/mol.